The van der Waals surface area contributed by atoms with Gasteiger partial charge in [0.25, 0.3) is 0 Å². The lowest BCUT2D eigenvalue weighted by Crippen LogP contribution is -2.33. The first kappa shape index (κ1) is 22.5. The SMILES string of the molecule is CCNC1CC(C)S(=O)(=O)c2sc(S(N)(=O)=O)cc21.O=C(O)c1ccccc1. The zero-order chi connectivity index (χ0) is 21.1. The van der Waals surface area contributed by atoms with Crippen LogP contribution in [0.25, 0.3) is 0 Å². The van der Waals surface area contributed by atoms with E-state index in [-0.39, 0.29) is 14.5 Å². The van der Waals surface area contributed by atoms with Crippen LogP contribution >= 0.6 is 11.3 Å². The van der Waals surface area contributed by atoms with Gasteiger partial charge in [-0.3, -0.25) is 0 Å². The summed E-state index contributed by atoms with van der Waals surface area (Å²) in [6.45, 7) is 4.23. The third kappa shape index (κ3) is 4.97. The van der Waals surface area contributed by atoms with E-state index in [4.69, 9.17) is 10.2 Å². The maximum atomic E-state index is 12.2. The summed E-state index contributed by atoms with van der Waals surface area (Å²) in [4.78, 5) is 10.2. The molecule has 0 fully saturated rings. The lowest BCUT2D eigenvalue weighted by atomic mass is 10.1. The lowest BCUT2D eigenvalue weighted by molar-refractivity contribution is 0.0697. The summed E-state index contributed by atoms with van der Waals surface area (Å²) in [6.07, 6.45) is 0.434. The number of primary sulfonamides is 1. The van der Waals surface area contributed by atoms with Gasteiger partial charge >= 0.3 is 5.97 Å². The molecule has 0 radical (unpaired) electrons. The van der Waals surface area contributed by atoms with Crippen LogP contribution in [0, 0.1) is 0 Å². The van der Waals surface area contributed by atoms with Gasteiger partial charge in [0.1, 0.15) is 8.42 Å². The highest BCUT2D eigenvalue weighted by Gasteiger charge is 2.39. The van der Waals surface area contributed by atoms with Gasteiger partial charge in [0, 0.05) is 11.6 Å². The Morgan fingerprint density at radius 3 is 2.39 bits per heavy atom. The molecule has 1 aliphatic rings. The number of nitrogens with two attached hydrogens (primary N) is 1. The number of nitrogens with one attached hydrogen (secondary N) is 1. The summed E-state index contributed by atoms with van der Waals surface area (Å²) in [6, 6.07) is 9.53. The van der Waals surface area contributed by atoms with Crippen LogP contribution < -0.4 is 10.5 Å². The number of carboxylic acids is 1. The fraction of sp³-hybridized carbons (Fsp3) is 0.353. The van der Waals surface area contributed by atoms with Crippen molar-refractivity contribution in [3.63, 3.8) is 0 Å². The van der Waals surface area contributed by atoms with E-state index in [1.165, 1.54) is 6.07 Å². The van der Waals surface area contributed by atoms with Crippen molar-refractivity contribution in [3.05, 3.63) is 47.5 Å². The maximum Gasteiger partial charge on any atom is 0.335 e. The second kappa shape index (κ2) is 8.70. The second-order valence-corrected chi connectivity index (χ2v) is 11.6. The Morgan fingerprint density at radius 1 is 1.32 bits per heavy atom. The Labute approximate surface area is 168 Å². The van der Waals surface area contributed by atoms with Crippen molar-refractivity contribution in [1.82, 2.24) is 5.32 Å². The molecule has 0 bridgehead atoms. The molecule has 11 heteroatoms. The van der Waals surface area contributed by atoms with Crippen molar-refractivity contribution in [3.8, 4) is 0 Å². The summed E-state index contributed by atoms with van der Waals surface area (Å²) in [5.74, 6) is -0.879. The molecule has 2 heterocycles. The molecular weight excluding hydrogens is 424 g/mol. The van der Waals surface area contributed by atoms with Crippen molar-refractivity contribution in [1.29, 1.82) is 0 Å². The number of carboxylic acid groups (broad SMARTS) is 1. The Kier molecular flexibility index (Phi) is 6.99. The van der Waals surface area contributed by atoms with Crippen molar-refractivity contribution >= 4 is 37.2 Å². The van der Waals surface area contributed by atoms with E-state index in [0.29, 0.717) is 24.1 Å². The zero-order valence-electron chi connectivity index (χ0n) is 15.3. The van der Waals surface area contributed by atoms with Gasteiger partial charge < -0.3 is 10.4 Å². The summed E-state index contributed by atoms with van der Waals surface area (Å²) in [5.41, 5.74) is 0.853. The topological polar surface area (TPSA) is 144 Å². The maximum absolute atomic E-state index is 12.2. The molecular formula is C17H22N2O6S3. The van der Waals surface area contributed by atoms with E-state index in [0.717, 1.165) is 11.3 Å². The van der Waals surface area contributed by atoms with Crippen LogP contribution in [0.5, 0.6) is 0 Å². The first-order valence-electron chi connectivity index (χ1n) is 8.40. The van der Waals surface area contributed by atoms with E-state index in [9.17, 15) is 21.6 Å². The lowest BCUT2D eigenvalue weighted by Gasteiger charge is -2.27. The quantitative estimate of drug-likeness (QED) is 0.651. The van der Waals surface area contributed by atoms with Gasteiger partial charge in [0.2, 0.25) is 10.0 Å². The number of sulfone groups is 1. The van der Waals surface area contributed by atoms with Crippen molar-refractivity contribution in [2.24, 2.45) is 5.14 Å². The Bertz CT molecular complexity index is 1050. The Balaban J connectivity index is 0.000000261. The molecule has 0 spiro atoms. The van der Waals surface area contributed by atoms with Gasteiger partial charge in [-0.2, -0.15) is 0 Å². The molecule has 1 aromatic carbocycles. The van der Waals surface area contributed by atoms with Crippen LogP contribution in [-0.4, -0.2) is 39.7 Å². The van der Waals surface area contributed by atoms with Crippen LogP contribution in [0.2, 0.25) is 0 Å². The highest BCUT2D eigenvalue weighted by molar-refractivity contribution is 7.95. The molecule has 8 nitrogen and oxygen atoms in total. The average molecular weight is 447 g/mol. The number of fused-ring (bicyclic) bond motifs is 1. The van der Waals surface area contributed by atoms with Crippen molar-refractivity contribution in [2.45, 2.75) is 40.0 Å². The molecule has 154 valence electrons. The number of benzene rings is 1. The molecule has 0 amide bonds. The monoisotopic (exact) mass is 446 g/mol. The highest BCUT2D eigenvalue weighted by Crippen LogP contribution is 2.42. The summed E-state index contributed by atoms with van der Waals surface area (Å²) >= 11 is 0.742. The molecule has 28 heavy (non-hydrogen) atoms. The van der Waals surface area contributed by atoms with Crippen LogP contribution in [0.3, 0.4) is 0 Å². The van der Waals surface area contributed by atoms with E-state index in [1.807, 2.05) is 6.92 Å². The molecule has 2 atom stereocenters. The van der Waals surface area contributed by atoms with E-state index < -0.39 is 31.1 Å². The third-order valence-electron chi connectivity index (χ3n) is 4.19. The molecule has 2 aromatic rings. The van der Waals surface area contributed by atoms with Crippen LogP contribution in [0.1, 0.15) is 42.2 Å². The fourth-order valence-corrected chi connectivity index (χ4v) is 7.18. The molecule has 1 aliphatic heterocycles. The summed E-state index contributed by atoms with van der Waals surface area (Å²) in [5, 5.41) is 16.1. The number of thiophene rings is 1. The van der Waals surface area contributed by atoms with Gasteiger partial charge in [0.05, 0.1) is 10.8 Å². The average Bonchev–Trinajstić information content (AvgIpc) is 3.08. The largest absolute Gasteiger partial charge is 0.478 e. The summed E-state index contributed by atoms with van der Waals surface area (Å²) < 4.78 is 47.3. The number of hydrogen-bond acceptors (Lipinski definition) is 7. The Morgan fingerprint density at radius 2 is 1.93 bits per heavy atom. The van der Waals surface area contributed by atoms with Crippen molar-refractivity contribution < 1.29 is 26.7 Å². The minimum absolute atomic E-state index is 0.0990. The standard InChI is InChI=1S/C10H16N2O4S3.C7H6O2/c1-3-12-8-4-6(2)18(13,14)10-7(8)5-9(17-10)19(11,15)16;8-7(9)6-4-2-1-3-5-6/h5-6,8,12H,3-4H2,1-2H3,(H2,11,15,16);1-5H,(H,8,9). The normalized spacial score (nSPS) is 20.5. The zero-order valence-corrected chi connectivity index (χ0v) is 17.8. The van der Waals surface area contributed by atoms with E-state index in [2.05, 4.69) is 5.32 Å². The number of hydrogen-bond donors (Lipinski definition) is 3. The smallest absolute Gasteiger partial charge is 0.335 e. The molecule has 0 saturated heterocycles. The van der Waals surface area contributed by atoms with E-state index in [1.54, 1.807) is 37.3 Å². The number of sulfonamides is 1. The minimum Gasteiger partial charge on any atom is -0.478 e. The van der Waals surface area contributed by atoms with Crippen molar-refractivity contribution in [2.75, 3.05) is 6.54 Å². The van der Waals surface area contributed by atoms with E-state index >= 15 is 0 Å². The molecule has 0 saturated carbocycles. The second-order valence-electron chi connectivity index (χ2n) is 6.23. The van der Waals surface area contributed by atoms with Crippen LogP contribution in [0.15, 0.2) is 44.8 Å². The number of aromatic carboxylic acids is 1. The highest BCUT2D eigenvalue weighted by atomic mass is 32.3. The van der Waals surface area contributed by atoms with Gasteiger partial charge in [-0.1, -0.05) is 25.1 Å². The van der Waals surface area contributed by atoms with Gasteiger partial charge in [-0.25, -0.2) is 26.8 Å². The third-order valence-corrected chi connectivity index (χ3v) is 9.50. The van der Waals surface area contributed by atoms with Crippen LogP contribution in [-0.2, 0) is 19.9 Å². The number of rotatable bonds is 4. The summed E-state index contributed by atoms with van der Waals surface area (Å²) in [7, 11) is -7.33. The Hall–Kier alpha value is -1.79. The predicted octanol–water partition coefficient (Wildman–Crippen LogP) is 2.00. The first-order valence-corrected chi connectivity index (χ1v) is 12.3. The molecule has 0 aliphatic carbocycles. The first-order chi connectivity index (χ1) is 13.0. The molecule has 1 aromatic heterocycles. The molecule has 4 N–H and O–H groups in total. The number of carbonyl (C=O) groups is 1. The van der Waals surface area contributed by atoms with Gasteiger partial charge in [-0.15, -0.1) is 11.3 Å². The van der Waals surface area contributed by atoms with Crippen LogP contribution in [0.4, 0.5) is 0 Å². The molecule has 3 rings (SSSR count). The fourth-order valence-electron chi connectivity index (χ4n) is 2.76. The van der Waals surface area contributed by atoms with Gasteiger partial charge in [-0.05, 0) is 38.1 Å². The van der Waals surface area contributed by atoms with Gasteiger partial charge in [0.15, 0.2) is 9.84 Å². The molecule has 2 unspecified atom stereocenters. The predicted molar refractivity (Wildman–Crippen MR) is 107 cm³/mol. The minimum atomic E-state index is -3.88.